The number of amides is 1. The van der Waals surface area contributed by atoms with Crippen LogP contribution in [0.2, 0.25) is 0 Å². The maximum atomic E-state index is 12.9. The molecule has 1 saturated carbocycles. The number of hydrogen-bond donors (Lipinski definition) is 1. The lowest BCUT2D eigenvalue weighted by atomic mass is 9.63. The molecule has 3 rings (SSSR count). The van der Waals surface area contributed by atoms with Gasteiger partial charge in [0.15, 0.2) is 0 Å². The van der Waals surface area contributed by atoms with E-state index in [2.05, 4.69) is 12.1 Å². The van der Waals surface area contributed by atoms with E-state index in [-0.39, 0.29) is 17.4 Å². The van der Waals surface area contributed by atoms with Crippen LogP contribution >= 0.6 is 0 Å². The molecule has 0 radical (unpaired) electrons. The van der Waals surface area contributed by atoms with Gasteiger partial charge in [-0.15, -0.1) is 0 Å². The standard InChI is InChI=1S/C16H21NO2/c18-14-8-4-11-17(12-14)15(19)16(9-5-10-16)13-6-2-1-3-7-13/h1-3,6-7,14,18H,4-5,8-12H2. The minimum absolute atomic E-state index is 0.226. The van der Waals surface area contributed by atoms with Gasteiger partial charge >= 0.3 is 0 Å². The zero-order valence-corrected chi connectivity index (χ0v) is 11.2. The summed E-state index contributed by atoms with van der Waals surface area (Å²) >= 11 is 0. The summed E-state index contributed by atoms with van der Waals surface area (Å²) in [6, 6.07) is 10.1. The number of carbonyl (C=O) groups excluding carboxylic acids is 1. The summed E-state index contributed by atoms with van der Waals surface area (Å²) in [6.45, 7) is 1.30. The van der Waals surface area contributed by atoms with Gasteiger partial charge in [0.05, 0.1) is 11.5 Å². The lowest BCUT2D eigenvalue weighted by Gasteiger charge is -2.45. The molecule has 1 saturated heterocycles. The summed E-state index contributed by atoms with van der Waals surface area (Å²) in [5.74, 6) is 0.226. The molecule has 0 bridgehead atoms. The first-order valence-corrected chi connectivity index (χ1v) is 7.25. The number of aliphatic hydroxyl groups excluding tert-OH is 1. The summed E-state index contributed by atoms with van der Waals surface area (Å²) in [6.07, 6.45) is 4.41. The summed E-state index contributed by atoms with van der Waals surface area (Å²) in [5, 5.41) is 9.76. The lowest BCUT2D eigenvalue weighted by Crippen LogP contribution is -2.54. The molecule has 102 valence electrons. The number of benzene rings is 1. The van der Waals surface area contributed by atoms with E-state index in [4.69, 9.17) is 0 Å². The summed E-state index contributed by atoms with van der Waals surface area (Å²) in [7, 11) is 0. The van der Waals surface area contributed by atoms with E-state index in [0.29, 0.717) is 6.54 Å². The Hall–Kier alpha value is -1.35. The number of rotatable bonds is 2. The molecule has 1 aromatic rings. The predicted molar refractivity (Wildman–Crippen MR) is 73.8 cm³/mol. The van der Waals surface area contributed by atoms with Crippen LogP contribution in [-0.2, 0) is 10.2 Å². The van der Waals surface area contributed by atoms with Gasteiger partial charge < -0.3 is 10.0 Å². The molecular weight excluding hydrogens is 238 g/mol. The van der Waals surface area contributed by atoms with E-state index >= 15 is 0 Å². The van der Waals surface area contributed by atoms with Crippen molar-refractivity contribution in [3.63, 3.8) is 0 Å². The first-order valence-electron chi connectivity index (χ1n) is 7.25. The smallest absolute Gasteiger partial charge is 0.233 e. The molecule has 1 aliphatic carbocycles. The van der Waals surface area contributed by atoms with Crippen molar-refractivity contribution >= 4 is 5.91 Å². The van der Waals surface area contributed by atoms with E-state index in [1.807, 2.05) is 23.1 Å². The molecule has 1 aliphatic heterocycles. The average Bonchev–Trinajstić information content (AvgIpc) is 2.38. The minimum Gasteiger partial charge on any atom is -0.391 e. The quantitative estimate of drug-likeness (QED) is 0.883. The second kappa shape index (κ2) is 4.97. The SMILES string of the molecule is O=C(N1CCCC(O)C1)C1(c2ccccc2)CCC1. The Morgan fingerprint density at radius 1 is 1.21 bits per heavy atom. The van der Waals surface area contributed by atoms with Gasteiger partial charge in [-0.3, -0.25) is 4.79 Å². The Morgan fingerprint density at radius 2 is 1.95 bits per heavy atom. The highest BCUT2D eigenvalue weighted by atomic mass is 16.3. The molecule has 2 fully saturated rings. The number of carbonyl (C=O) groups is 1. The number of nitrogens with zero attached hydrogens (tertiary/aromatic N) is 1. The van der Waals surface area contributed by atoms with Crippen molar-refractivity contribution in [2.24, 2.45) is 0 Å². The van der Waals surface area contributed by atoms with Crippen molar-refractivity contribution in [2.45, 2.75) is 43.6 Å². The third-order valence-electron chi connectivity index (χ3n) is 4.63. The Morgan fingerprint density at radius 3 is 2.53 bits per heavy atom. The topological polar surface area (TPSA) is 40.5 Å². The number of aliphatic hydroxyl groups is 1. The summed E-state index contributed by atoms with van der Waals surface area (Å²) < 4.78 is 0. The van der Waals surface area contributed by atoms with E-state index in [1.165, 1.54) is 0 Å². The second-order valence-electron chi connectivity index (χ2n) is 5.85. The second-order valence-corrected chi connectivity index (χ2v) is 5.85. The van der Waals surface area contributed by atoms with Gasteiger partial charge in [-0.25, -0.2) is 0 Å². The molecule has 1 atom stereocenters. The van der Waals surface area contributed by atoms with Crippen molar-refractivity contribution in [3.05, 3.63) is 35.9 Å². The van der Waals surface area contributed by atoms with Crippen LogP contribution in [0.15, 0.2) is 30.3 Å². The van der Waals surface area contributed by atoms with Gasteiger partial charge in [0.25, 0.3) is 0 Å². The Balaban J connectivity index is 1.84. The Bertz CT molecular complexity index is 453. The Labute approximate surface area is 114 Å². The average molecular weight is 259 g/mol. The van der Waals surface area contributed by atoms with Crippen molar-refractivity contribution < 1.29 is 9.90 Å². The largest absolute Gasteiger partial charge is 0.391 e. The lowest BCUT2D eigenvalue weighted by molar-refractivity contribution is -0.144. The molecule has 1 aromatic carbocycles. The fourth-order valence-corrected chi connectivity index (χ4v) is 3.36. The highest BCUT2D eigenvalue weighted by Crippen LogP contribution is 2.45. The molecular formula is C16H21NO2. The van der Waals surface area contributed by atoms with Crippen LogP contribution in [0.1, 0.15) is 37.7 Å². The fourth-order valence-electron chi connectivity index (χ4n) is 3.36. The van der Waals surface area contributed by atoms with E-state index < -0.39 is 0 Å². The van der Waals surface area contributed by atoms with Gasteiger partial charge in [-0.1, -0.05) is 36.8 Å². The molecule has 0 aromatic heterocycles. The third-order valence-corrected chi connectivity index (χ3v) is 4.63. The molecule has 3 heteroatoms. The van der Waals surface area contributed by atoms with E-state index in [9.17, 15) is 9.90 Å². The van der Waals surface area contributed by atoms with Crippen LogP contribution < -0.4 is 0 Å². The van der Waals surface area contributed by atoms with E-state index in [1.54, 1.807) is 0 Å². The molecule has 1 heterocycles. The highest BCUT2D eigenvalue weighted by Gasteiger charge is 2.47. The van der Waals surface area contributed by atoms with Gasteiger partial charge in [0, 0.05) is 13.1 Å². The molecule has 1 N–H and O–H groups in total. The zero-order chi connectivity index (χ0) is 13.3. The van der Waals surface area contributed by atoms with Crippen molar-refractivity contribution in [2.75, 3.05) is 13.1 Å². The summed E-state index contributed by atoms with van der Waals surface area (Å²) in [5.41, 5.74) is 0.838. The normalized spacial score (nSPS) is 25.7. The first kappa shape index (κ1) is 12.7. The van der Waals surface area contributed by atoms with Crippen molar-refractivity contribution in [1.82, 2.24) is 4.90 Å². The van der Waals surface area contributed by atoms with Crippen LogP contribution in [0.3, 0.4) is 0 Å². The first-order chi connectivity index (χ1) is 9.22. The molecule has 19 heavy (non-hydrogen) atoms. The van der Waals surface area contributed by atoms with Crippen LogP contribution in [0.4, 0.5) is 0 Å². The zero-order valence-electron chi connectivity index (χ0n) is 11.2. The summed E-state index contributed by atoms with van der Waals surface area (Å²) in [4.78, 5) is 14.7. The van der Waals surface area contributed by atoms with Crippen molar-refractivity contribution in [1.29, 1.82) is 0 Å². The third kappa shape index (κ3) is 2.16. The Kier molecular flexibility index (Phi) is 3.31. The maximum Gasteiger partial charge on any atom is 0.233 e. The van der Waals surface area contributed by atoms with Crippen LogP contribution in [-0.4, -0.2) is 35.1 Å². The number of piperidine rings is 1. The molecule has 3 nitrogen and oxygen atoms in total. The molecule has 1 unspecified atom stereocenters. The van der Waals surface area contributed by atoms with Crippen LogP contribution in [0.25, 0.3) is 0 Å². The van der Waals surface area contributed by atoms with Gasteiger partial charge in [-0.2, -0.15) is 0 Å². The number of hydrogen-bond acceptors (Lipinski definition) is 2. The van der Waals surface area contributed by atoms with Gasteiger partial charge in [0.1, 0.15) is 0 Å². The van der Waals surface area contributed by atoms with Gasteiger partial charge in [0.2, 0.25) is 5.91 Å². The number of β-amino-alcohol motifs (C(OH)–C–C–N with tert-alkyl or cyclic N) is 1. The number of likely N-dealkylation sites (tertiary alicyclic amines) is 1. The predicted octanol–water partition coefficient (Wildman–Crippen LogP) is 2.09. The molecule has 1 amide bonds. The van der Waals surface area contributed by atoms with Gasteiger partial charge in [-0.05, 0) is 31.2 Å². The van der Waals surface area contributed by atoms with Crippen LogP contribution in [0.5, 0.6) is 0 Å². The van der Waals surface area contributed by atoms with Crippen molar-refractivity contribution in [3.8, 4) is 0 Å². The van der Waals surface area contributed by atoms with E-state index in [0.717, 1.165) is 44.2 Å². The highest BCUT2D eigenvalue weighted by molar-refractivity contribution is 5.89. The monoisotopic (exact) mass is 259 g/mol. The maximum absolute atomic E-state index is 12.9. The fraction of sp³-hybridized carbons (Fsp3) is 0.562. The molecule has 2 aliphatic rings. The minimum atomic E-state index is -0.342. The van der Waals surface area contributed by atoms with Crippen LogP contribution in [0, 0.1) is 0 Å². The molecule has 0 spiro atoms.